The number of hydrogen-bond donors (Lipinski definition) is 4. The second kappa shape index (κ2) is 13.5. The third-order valence-corrected chi connectivity index (χ3v) is 8.50. The molecule has 0 bridgehead atoms. The van der Waals surface area contributed by atoms with Crippen molar-refractivity contribution >= 4 is 50.4 Å². The van der Waals surface area contributed by atoms with Gasteiger partial charge in [-0.2, -0.15) is 0 Å². The lowest BCUT2D eigenvalue weighted by Gasteiger charge is -2.24. The normalized spacial score (nSPS) is 13.7. The van der Waals surface area contributed by atoms with E-state index in [1.807, 2.05) is 0 Å². The van der Waals surface area contributed by atoms with E-state index in [0.717, 1.165) is 23.4 Å². The third-order valence-electron chi connectivity index (χ3n) is 7.38. The molecule has 44 heavy (non-hydrogen) atoms. The molecule has 0 saturated heterocycles. The first kappa shape index (κ1) is 32.5. The molecule has 12 nitrogen and oxygen atoms in total. The number of rotatable bonds is 14. The Labute approximate surface area is 254 Å². The molecule has 14 heteroatoms. The zero-order chi connectivity index (χ0) is 32.2. The molecule has 2 aromatic carbocycles. The highest BCUT2D eigenvalue weighted by Gasteiger charge is 2.34. The highest BCUT2D eigenvalue weighted by atomic mass is 32.2. The number of amides is 3. The minimum atomic E-state index is -4.00. The van der Waals surface area contributed by atoms with E-state index in [9.17, 15) is 32.0 Å². The summed E-state index contributed by atoms with van der Waals surface area (Å²) in [6.07, 6.45) is 3.36. The summed E-state index contributed by atoms with van der Waals surface area (Å²) in [5.74, 6) is -3.40. The smallest absolute Gasteiger partial charge is 0.306 e. The Morgan fingerprint density at radius 3 is 2.36 bits per heavy atom. The molecule has 4 rings (SSSR count). The number of fused-ring (bicyclic) bond motifs is 1. The topological polar surface area (TPSA) is 175 Å². The fourth-order valence-corrected chi connectivity index (χ4v) is 5.68. The molecule has 0 spiro atoms. The molecule has 4 N–H and O–H groups in total. The number of halogens is 1. The molecule has 1 saturated carbocycles. The van der Waals surface area contributed by atoms with Crippen LogP contribution in [-0.2, 0) is 24.4 Å². The monoisotopic (exact) mass is 630 g/mol. The second-order valence-electron chi connectivity index (χ2n) is 10.9. The molecular weight excluding hydrogens is 595 g/mol. The number of carboxylic acids is 1. The summed E-state index contributed by atoms with van der Waals surface area (Å²) in [5, 5.41) is 17.0. The molecule has 3 amide bonds. The number of anilines is 1. The Morgan fingerprint density at radius 1 is 1.09 bits per heavy atom. The van der Waals surface area contributed by atoms with Gasteiger partial charge in [0.1, 0.15) is 23.7 Å². The van der Waals surface area contributed by atoms with Gasteiger partial charge in [-0.3, -0.25) is 23.5 Å². The predicted molar refractivity (Wildman–Crippen MR) is 161 cm³/mol. The number of nitrogens with one attached hydrogen (secondary N) is 3. The highest BCUT2D eigenvalue weighted by molar-refractivity contribution is 7.92. The third kappa shape index (κ3) is 7.73. The quantitative estimate of drug-likeness (QED) is 0.197. The molecule has 1 heterocycles. The van der Waals surface area contributed by atoms with E-state index in [4.69, 9.17) is 9.52 Å². The minimum absolute atomic E-state index is 0.00181. The number of aliphatic carboxylic acids is 1. The molecule has 1 aliphatic rings. The summed E-state index contributed by atoms with van der Waals surface area (Å²) in [7, 11) is -2.53. The molecule has 3 aromatic rings. The molecule has 1 fully saturated rings. The van der Waals surface area contributed by atoms with Crippen LogP contribution in [0.1, 0.15) is 54.4 Å². The van der Waals surface area contributed by atoms with E-state index in [2.05, 4.69) is 16.0 Å². The molecule has 0 aliphatic heterocycles. The first-order valence-corrected chi connectivity index (χ1v) is 16.0. The Hall–Kier alpha value is -4.46. The Bertz CT molecular complexity index is 1680. The lowest BCUT2D eigenvalue weighted by Crippen LogP contribution is -2.44. The fourth-order valence-electron chi connectivity index (χ4n) is 4.81. The van der Waals surface area contributed by atoms with Crippen LogP contribution in [0.4, 0.5) is 10.1 Å². The van der Waals surface area contributed by atoms with E-state index in [0.29, 0.717) is 29.4 Å². The van der Waals surface area contributed by atoms with Gasteiger partial charge in [0.2, 0.25) is 21.8 Å². The largest absolute Gasteiger partial charge is 0.481 e. The first-order valence-electron chi connectivity index (χ1n) is 14.1. The van der Waals surface area contributed by atoms with Crippen molar-refractivity contribution in [2.75, 3.05) is 37.2 Å². The first-order chi connectivity index (χ1) is 20.8. The van der Waals surface area contributed by atoms with Crippen LogP contribution in [-0.4, -0.2) is 70.2 Å². The number of carboxylic acid groups (broad SMARTS) is 1. The molecule has 1 atom stereocenters. The standard InChI is InChI=1S/C30H35FN4O8S/c1-17(30(39)40)5-4-12-33-25(36)15-34-26(37)16-35(44(3,41)42)23-14-24-22(13-21(23)18-6-7-18)27(29(38)32-2)28(43-24)19-8-10-20(31)11-9-19/h8-11,13-14,17-18H,4-7,12,15-16H2,1-3H3,(H,32,38)(H,33,36)(H,34,37)(H,39,40). The average Bonchev–Trinajstić information content (AvgIpc) is 3.76. The van der Waals surface area contributed by atoms with Crippen LogP contribution in [0.25, 0.3) is 22.3 Å². The van der Waals surface area contributed by atoms with Gasteiger partial charge in [-0.1, -0.05) is 6.92 Å². The van der Waals surface area contributed by atoms with Gasteiger partial charge in [0, 0.05) is 30.6 Å². The number of benzene rings is 2. The van der Waals surface area contributed by atoms with Crippen molar-refractivity contribution in [3.63, 3.8) is 0 Å². The number of hydrogen-bond acceptors (Lipinski definition) is 7. The maximum absolute atomic E-state index is 13.6. The molecule has 236 valence electrons. The van der Waals surface area contributed by atoms with Gasteiger partial charge < -0.3 is 25.5 Å². The lowest BCUT2D eigenvalue weighted by atomic mass is 10.0. The van der Waals surface area contributed by atoms with E-state index in [1.54, 1.807) is 13.0 Å². The Balaban J connectivity index is 1.59. The summed E-state index contributed by atoms with van der Waals surface area (Å²) in [6.45, 7) is 0.796. The van der Waals surface area contributed by atoms with Gasteiger partial charge in [-0.05, 0) is 67.5 Å². The molecule has 1 aliphatic carbocycles. The summed E-state index contributed by atoms with van der Waals surface area (Å²) in [6, 6.07) is 8.62. The number of carbonyl (C=O) groups is 4. The Morgan fingerprint density at radius 2 is 1.77 bits per heavy atom. The number of carbonyl (C=O) groups excluding carboxylic acids is 3. The van der Waals surface area contributed by atoms with Crippen molar-refractivity contribution in [3.05, 3.63) is 53.3 Å². The van der Waals surface area contributed by atoms with Gasteiger partial charge in [0.15, 0.2) is 0 Å². The SMILES string of the molecule is CNC(=O)c1c(-c2ccc(F)cc2)oc2cc(N(CC(=O)NCC(=O)NCCCC(C)C(=O)O)S(C)(=O)=O)c(C3CC3)cc12. The molecule has 1 unspecified atom stereocenters. The molecular formula is C30H35FN4O8S. The van der Waals surface area contributed by atoms with Crippen LogP contribution in [0, 0.1) is 11.7 Å². The lowest BCUT2D eigenvalue weighted by molar-refractivity contribution is -0.141. The van der Waals surface area contributed by atoms with Crippen LogP contribution >= 0.6 is 0 Å². The van der Waals surface area contributed by atoms with Crippen molar-refractivity contribution in [1.29, 1.82) is 0 Å². The van der Waals surface area contributed by atoms with Crippen molar-refractivity contribution in [3.8, 4) is 11.3 Å². The van der Waals surface area contributed by atoms with Crippen LogP contribution in [0.3, 0.4) is 0 Å². The van der Waals surface area contributed by atoms with Crippen molar-refractivity contribution in [1.82, 2.24) is 16.0 Å². The van der Waals surface area contributed by atoms with E-state index in [-0.39, 0.29) is 35.1 Å². The number of sulfonamides is 1. The van der Waals surface area contributed by atoms with Gasteiger partial charge in [-0.15, -0.1) is 0 Å². The van der Waals surface area contributed by atoms with E-state index >= 15 is 0 Å². The van der Waals surface area contributed by atoms with Crippen LogP contribution in [0.15, 0.2) is 40.8 Å². The summed E-state index contributed by atoms with van der Waals surface area (Å²) in [4.78, 5) is 48.9. The van der Waals surface area contributed by atoms with Gasteiger partial charge in [-0.25, -0.2) is 12.8 Å². The predicted octanol–water partition coefficient (Wildman–Crippen LogP) is 2.98. The van der Waals surface area contributed by atoms with Crippen molar-refractivity contribution in [2.45, 2.75) is 38.5 Å². The van der Waals surface area contributed by atoms with Gasteiger partial charge in [0.25, 0.3) is 5.91 Å². The van der Waals surface area contributed by atoms with Crippen LogP contribution < -0.4 is 20.3 Å². The molecule has 0 radical (unpaired) electrons. The maximum atomic E-state index is 13.6. The number of nitrogens with zero attached hydrogens (tertiary/aromatic N) is 1. The van der Waals surface area contributed by atoms with Gasteiger partial charge in [0.05, 0.1) is 30.0 Å². The zero-order valence-electron chi connectivity index (χ0n) is 24.6. The summed E-state index contributed by atoms with van der Waals surface area (Å²) in [5.41, 5.74) is 1.71. The Kier molecular flexibility index (Phi) is 9.92. The van der Waals surface area contributed by atoms with Crippen molar-refractivity contribution < 1.29 is 41.5 Å². The van der Waals surface area contributed by atoms with Crippen LogP contribution in [0.5, 0.6) is 0 Å². The fraction of sp³-hybridized carbons (Fsp3) is 0.400. The average molecular weight is 631 g/mol. The minimum Gasteiger partial charge on any atom is -0.481 e. The molecule has 1 aromatic heterocycles. The highest BCUT2D eigenvalue weighted by Crippen LogP contribution is 2.48. The zero-order valence-corrected chi connectivity index (χ0v) is 25.4. The van der Waals surface area contributed by atoms with Gasteiger partial charge >= 0.3 is 5.97 Å². The maximum Gasteiger partial charge on any atom is 0.306 e. The second-order valence-corrected chi connectivity index (χ2v) is 12.8. The van der Waals surface area contributed by atoms with E-state index in [1.165, 1.54) is 37.4 Å². The van der Waals surface area contributed by atoms with Crippen molar-refractivity contribution in [2.24, 2.45) is 5.92 Å². The van der Waals surface area contributed by atoms with E-state index < -0.39 is 58.5 Å². The summed E-state index contributed by atoms with van der Waals surface area (Å²) < 4.78 is 46.6. The van der Waals surface area contributed by atoms with Crippen LogP contribution in [0.2, 0.25) is 0 Å². The summed E-state index contributed by atoms with van der Waals surface area (Å²) >= 11 is 0. The number of furan rings is 1.